The molecule has 2 N–H and O–H groups in total. The molecule has 1 saturated heterocycles. The number of benzene rings is 1. The van der Waals surface area contributed by atoms with Crippen LogP contribution in [0.25, 0.3) is 0 Å². The van der Waals surface area contributed by atoms with E-state index >= 15 is 0 Å². The van der Waals surface area contributed by atoms with Crippen molar-refractivity contribution in [3.8, 4) is 0 Å². The average molecular weight is 289 g/mol. The van der Waals surface area contributed by atoms with Gasteiger partial charge in [0.1, 0.15) is 0 Å². The predicted octanol–water partition coefficient (Wildman–Crippen LogP) is 3.32. The van der Waals surface area contributed by atoms with E-state index < -0.39 is 0 Å². The Balaban J connectivity index is 0.00000162. The Hall–Kier alpha value is -0.280. The first-order chi connectivity index (χ1) is 8.29. The number of nitrogens with two attached hydrogens (primary N) is 1. The molecule has 0 unspecified atom stereocenters. The van der Waals surface area contributed by atoms with Gasteiger partial charge in [-0.3, -0.25) is 4.90 Å². The smallest absolute Gasteiger partial charge is 0.0451 e. The molecule has 0 aromatic heterocycles. The summed E-state index contributed by atoms with van der Waals surface area (Å²) in [6.45, 7) is 4.16. The van der Waals surface area contributed by atoms with Crippen LogP contribution in [0.3, 0.4) is 0 Å². The normalized spacial score (nSPS) is 17.4. The maximum atomic E-state index is 6.18. The van der Waals surface area contributed by atoms with Gasteiger partial charge in [0.05, 0.1) is 0 Å². The average Bonchev–Trinajstić information content (AvgIpc) is 2.35. The summed E-state index contributed by atoms with van der Waals surface area (Å²) in [7, 11) is 0. The van der Waals surface area contributed by atoms with Gasteiger partial charge in [-0.15, -0.1) is 12.4 Å². The summed E-state index contributed by atoms with van der Waals surface area (Å²) in [6.07, 6.45) is 3.74. The molecule has 1 aliphatic rings. The molecular formula is C14H22Cl2N2. The summed E-state index contributed by atoms with van der Waals surface area (Å²) in [5.41, 5.74) is 6.85. The van der Waals surface area contributed by atoms with Gasteiger partial charge in [0, 0.05) is 11.6 Å². The minimum absolute atomic E-state index is 0. The number of likely N-dealkylation sites (tertiary alicyclic amines) is 1. The predicted molar refractivity (Wildman–Crippen MR) is 80.4 cm³/mol. The molecule has 0 spiro atoms. The molecule has 1 aromatic carbocycles. The van der Waals surface area contributed by atoms with Crippen LogP contribution in [0, 0.1) is 5.92 Å². The fraction of sp³-hybridized carbons (Fsp3) is 0.571. The Bertz CT molecular complexity index is 349. The fourth-order valence-corrected chi connectivity index (χ4v) is 2.73. The number of rotatable bonds is 4. The van der Waals surface area contributed by atoms with Gasteiger partial charge in [0.25, 0.3) is 0 Å². The third-order valence-electron chi connectivity index (χ3n) is 3.63. The monoisotopic (exact) mass is 288 g/mol. The van der Waals surface area contributed by atoms with Crippen LogP contribution in [-0.4, -0.2) is 24.5 Å². The lowest BCUT2D eigenvalue weighted by molar-refractivity contribution is 0.173. The van der Waals surface area contributed by atoms with Crippen molar-refractivity contribution in [1.29, 1.82) is 0 Å². The molecule has 1 fully saturated rings. The van der Waals surface area contributed by atoms with E-state index in [4.69, 9.17) is 17.3 Å². The lowest BCUT2D eigenvalue weighted by Crippen LogP contribution is -2.33. The summed E-state index contributed by atoms with van der Waals surface area (Å²) in [4.78, 5) is 2.49. The molecule has 0 bridgehead atoms. The van der Waals surface area contributed by atoms with Gasteiger partial charge < -0.3 is 5.73 Å². The molecular weight excluding hydrogens is 267 g/mol. The van der Waals surface area contributed by atoms with Crippen LogP contribution in [0.15, 0.2) is 24.3 Å². The third kappa shape index (κ3) is 4.43. The number of hydrogen-bond donors (Lipinski definition) is 1. The van der Waals surface area contributed by atoms with Crippen LogP contribution in [0.2, 0.25) is 5.02 Å². The van der Waals surface area contributed by atoms with E-state index in [-0.39, 0.29) is 12.4 Å². The van der Waals surface area contributed by atoms with Gasteiger partial charge in [0.15, 0.2) is 0 Å². The Morgan fingerprint density at radius 3 is 2.50 bits per heavy atom. The van der Waals surface area contributed by atoms with E-state index in [2.05, 4.69) is 17.0 Å². The maximum Gasteiger partial charge on any atom is 0.0451 e. The second-order valence-electron chi connectivity index (χ2n) is 4.89. The standard InChI is InChI=1S/C14H21ClN2.ClH/c15-14-4-2-1-3-13(14)11-17-9-6-12(5-8-16)7-10-17;/h1-4,12H,5-11,16H2;1H. The van der Waals surface area contributed by atoms with Crippen molar-refractivity contribution in [2.45, 2.75) is 25.8 Å². The lowest BCUT2D eigenvalue weighted by atomic mass is 9.93. The second-order valence-corrected chi connectivity index (χ2v) is 5.30. The minimum atomic E-state index is 0. The number of piperidine rings is 1. The van der Waals surface area contributed by atoms with E-state index in [1.54, 1.807) is 0 Å². The topological polar surface area (TPSA) is 29.3 Å². The molecule has 18 heavy (non-hydrogen) atoms. The molecule has 0 radical (unpaired) electrons. The van der Waals surface area contributed by atoms with Crippen molar-refractivity contribution < 1.29 is 0 Å². The summed E-state index contributed by atoms with van der Waals surface area (Å²) < 4.78 is 0. The maximum absolute atomic E-state index is 6.18. The molecule has 0 atom stereocenters. The zero-order valence-electron chi connectivity index (χ0n) is 10.6. The molecule has 2 rings (SSSR count). The SMILES string of the molecule is Cl.NCCC1CCN(Cc2ccccc2Cl)CC1. The zero-order chi connectivity index (χ0) is 12.1. The Labute approximate surface area is 121 Å². The number of nitrogens with zero attached hydrogens (tertiary/aromatic N) is 1. The zero-order valence-corrected chi connectivity index (χ0v) is 12.2. The molecule has 0 saturated carbocycles. The first kappa shape index (κ1) is 15.8. The van der Waals surface area contributed by atoms with Crippen LogP contribution in [-0.2, 0) is 6.54 Å². The minimum Gasteiger partial charge on any atom is -0.330 e. The fourth-order valence-electron chi connectivity index (χ4n) is 2.54. The Morgan fingerprint density at radius 2 is 1.89 bits per heavy atom. The van der Waals surface area contributed by atoms with Crippen molar-refractivity contribution in [1.82, 2.24) is 4.90 Å². The highest BCUT2D eigenvalue weighted by Gasteiger charge is 2.18. The largest absolute Gasteiger partial charge is 0.330 e. The van der Waals surface area contributed by atoms with Crippen LogP contribution in [0.4, 0.5) is 0 Å². The van der Waals surface area contributed by atoms with Gasteiger partial charge in [-0.05, 0) is 56.4 Å². The molecule has 1 aliphatic heterocycles. The van der Waals surface area contributed by atoms with Crippen LogP contribution >= 0.6 is 24.0 Å². The van der Waals surface area contributed by atoms with Gasteiger partial charge in [-0.25, -0.2) is 0 Å². The molecule has 2 nitrogen and oxygen atoms in total. The molecule has 1 aromatic rings. The highest BCUT2D eigenvalue weighted by molar-refractivity contribution is 6.31. The van der Waals surface area contributed by atoms with Gasteiger partial charge >= 0.3 is 0 Å². The highest BCUT2D eigenvalue weighted by atomic mass is 35.5. The Kier molecular flexibility index (Phi) is 7.02. The molecule has 1 heterocycles. The molecule has 0 aliphatic carbocycles. The first-order valence-electron chi connectivity index (χ1n) is 6.45. The highest BCUT2D eigenvalue weighted by Crippen LogP contribution is 2.23. The first-order valence-corrected chi connectivity index (χ1v) is 6.83. The van der Waals surface area contributed by atoms with Gasteiger partial charge in [-0.1, -0.05) is 29.8 Å². The van der Waals surface area contributed by atoms with Gasteiger partial charge in [-0.2, -0.15) is 0 Å². The summed E-state index contributed by atoms with van der Waals surface area (Å²) in [5.74, 6) is 0.836. The van der Waals surface area contributed by atoms with Gasteiger partial charge in [0.2, 0.25) is 0 Å². The summed E-state index contributed by atoms with van der Waals surface area (Å²) in [5, 5.41) is 0.886. The third-order valence-corrected chi connectivity index (χ3v) is 4.00. The van der Waals surface area contributed by atoms with Crippen molar-refractivity contribution in [2.24, 2.45) is 11.7 Å². The lowest BCUT2D eigenvalue weighted by Gasteiger charge is -2.32. The van der Waals surface area contributed by atoms with Crippen molar-refractivity contribution >= 4 is 24.0 Å². The number of hydrogen-bond acceptors (Lipinski definition) is 2. The van der Waals surface area contributed by atoms with E-state index in [9.17, 15) is 0 Å². The number of halogens is 2. The second kappa shape index (κ2) is 8.00. The van der Waals surface area contributed by atoms with E-state index in [1.165, 1.54) is 37.9 Å². The van der Waals surface area contributed by atoms with Crippen molar-refractivity contribution in [3.05, 3.63) is 34.9 Å². The van der Waals surface area contributed by atoms with Crippen LogP contribution < -0.4 is 5.73 Å². The Morgan fingerprint density at radius 1 is 1.22 bits per heavy atom. The molecule has 4 heteroatoms. The van der Waals surface area contributed by atoms with E-state index in [0.717, 1.165) is 24.0 Å². The van der Waals surface area contributed by atoms with Crippen molar-refractivity contribution in [3.63, 3.8) is 0 Å². The van der Waals surface area contributed by atoms with Crippen LogP contribution in [0.5, 0.6) is 0 Å². The quantitative estimate of drug-likeness (QED) is 0.921. The van der Waals surface area contributed by atoms with Crippen LogP contribution in [0.1, 0.15) is 24.8 Å². The summed E-state index contributed by atoms with van der Waals surface area (Å²) >= 11 is 6.18. The molecule has 102 valence electrons. The van der Waals surface area contributed by atoms with E-state index in [1.807, 2.05) is 12.1 Å². The van der Waals surface area contributed by atoms with Crippen molar-refractivity contribution in [2.75, 3.05) is 19.6 Å². The van der Waals surface area contributed by atoms with E-state index in [0.29, 0.717) is 0 Å². The summed E-state index contributed by atoms with van der Waals surface area (Å²) in [6, 6.07) is 8.13. The molecule has 0 amide bonds.